The van der Waals surface area contributed by atoms with E-state index >= 15 is 0 Å². The first-order valence-corrected chi connectivity index (χ1v) is 8.26. The molecule has 1 heterocycles. The molecule has 0 N–H and O–H groups in total. The average molecular weight is 316 g/mol. The number of carbonyl (C=O) groups is 2. The van der Waals surface area contributed by atoms with Crippen molar-refractivity contribution in [3.63, 3.8) is 0 Å². The largest absolute Gasteiger partial charge is 0.465 e. The zero-order chi connectivity index (χ0) is 16.6. The Bertz CT molecular complexity index is 605. The number of rotatable bonds is 2. The highest BCUT2D eigenvalue weighted by Crippen LogP contribution is 2.44. The summed E-state index contributed by atoms with van der Waals surface area (Å²) in [5.41, 5.74) is 1.10. The fraction of sp³-hybridized carbons (Fsp3) is 0.556. The molecule has 1 unspecified atom stereocenters. The minimum atomic E-state index is -0.417. The second-order valence-corrected chi connectivity index (χ2v) is 6.55. The fourth-order valence-electron chi connectivity index (χ4n) is 4.06. The Hall–Kier alpha value is -2.04. The molecule has 1 aliphatic heterocycles. The number of hydrogen-bond acceptors (Lipinski definition) is 4. The van der Waals surface area contributed by atoms with Gasteiger partial charge in [-0.25, -0.2) is 4.79 Å². The molecule has 124 valence electrons. The number of anilines is 1. The molecular formula is C18H24N2O3. The lowest BCUT2D eigenvalue weighted by atomic mass is 9.80. The molecule has 1 saturated heterocycles. The van der Waals surface area contributed by atoms with Gasteiger partial charge in [-0.05, 0) is 44.0 Å². The first-order valence-electron chi connectivity index (χ1n) is 8.26. The van der Waals surface area contributed by atoms with Crippen LogP contribution in [0.25, 0.3) is 0 Å². The maximum absolute atomic E-state index is 12.9. The van der Waals surface area contributed by atoms with Gasteiger partial charge in [-0.1, -0.05) is 19.3 Å². The molecule has 1 amide bonds. The van der Waals surface area contributed by atoms with E-state index in [4.69, 9.17) is 4.74 Å². The first-order chi connectivity index (χ1) is 11.0. The van der Waals surface area contributed by atoms with Crippen LogP contribution >= 0.6 is 0 Å². The van der Waals surface area contributed by atoms with Gasteiger partial charge in [-0.2, -0.15) is 0 Å². The van der Waals surface area contributed by atoms with E-state index in [1.54, 1.807) is 12.1 Å². The number of methoxy groups -OCH3 is 1. The Balaban J connectivity index is 1.98. The summed E-state index contributed by atoms with van der Waals surface area (Å²) in [6, 6.07) is 7.39. The van der Waals surface area contributed by atoms with Crippen LogP contribution < -0.4 is 4.90 Å². The van der Waals surface area contributed by atoms with Gasteiger partial charge in [0, 0.05) is 12.7 Å². The van der Waals surface area contributed by atoms with Crippen molar-refractivity contribution in [2.45, 2.75) is 50.7 Å². The second-order valence-electron chi connectivity index (χ2n) is 6.55. The third-order valence-electron chi connectivity index (χ3n) is 5.36. The number of nitrogens with zero attached hydrogens (tertiary/aromatic N) is 2. The van der Waals surface area contributed by atoms with Crippen molar-refractivity contribution >= 4 is 17.6 Å². The van der Waals surface area contributed by atoms with Crippen molar-refractivity contribution in [3.8, 4) is 0 Å². The molecule has 0 radical (unpaired) electrons. The van der Waals surface area contributed by atoms with Crippen molar-refractivity contribution in [2.75, 3.05) is 19.1 Å². The van der Waals surface area contributed by atoms with Gasteiger partial charge in [0.15, 0.2) is 0 Å². The van der Waals surface area contributed by atoms with Gasteiger partial charge in [0.25, 0.3) is 0 Å². The summed E-state index contributed by atoms with van der Waals surface area (Å²) in [5.74, 6) is -0.117. The standard InChI is InChI=1S/C18H24N2O3/c1-13-19(2)17(22)18(11-5-4-6-12-18)20(13)15-9-7-14(8-10-15)16(21)23-3/h7-10,13H,4-6,11-12H2,1-3H3. The van der Waals surface area contributed by atoms with E-state index in [1.807, 2.05) is 24.1 Å². The van der Waals surface area contributed by atoms with Crippen LogP contribution in [0.1, 0.15) is 49.4 Å². The second kappa shape index (κ2) is 5.87. The predicted octanol–water partition coefficient (Wildman–Crippen LogP) is 2.80. The molecule has 5 heteroatoms. The number of benzene rings is 1. The van der Waals surface area contributed by atoms with E-state index in [9.17, 15) is 9.59 Å². The van der Waals surface area contributed by atoms with Crippen LogP contribution in [0.5, 0.6) is 0 Å². The van der Waals surface area contributed by atoms with Crippen LogP contribution in [0.4, 0.5) is 5.69 Å². The van der Waals surface area contributed by atoms with E-state index in [-0.39, 0.29) is 18.0 Å². The Morgan fingerprint density at radius 3 is 2.35 bits per heavy atom. The van der Waals surface area contributed by atoms with Crippen molar-refractivity contribution in [3.05, 3.63) is 29.8 Å². The van der Waals surface area contributed by atoms with Crippen molar-refractivity contribution in [1.82, 2.24) is 4.90 Å². The zero-order valence-corrected chi connectivity index (χ0v) is 14.0. The van der Waals surface area contributed by atoms with Gasteiger partial charge in [0.05, 0.1) is 12.7 Å². The van der Waals surface area contributed by atoms with E-state index in [2.05, 4.69) is 11.8 Å². The number of amides is 1. The van der Waals surface area contributed by atoms with Crippen LogP contribution in [0.2, 0.25) is 0 Å². The van der Waals surface area contributed by atoms with Crippen LogP contribution in [-0.2, 0) is 9.53 Å². The number of hydrogen-bond donors (Lipinski definition) is 0. The molecule has 1 aromatic carbocycles. The zero-order valence-electron chi connectivity index (χ0n) is 14.0. The maximum atomic E-state index is 12.9. The molecule has 2 fully saturated rings. The molecule has 1 saturated carbocycles. The highest BCUT2D eigenvalue weighted by Gasteiger charge is 2.54. The van der Waals surface area contributed by atoms with Gasteiger partial charge >= 0.3 is 5.97 Å². The highest BCUT2D eigenvalue weighted by molar-refractivity contribution is 5.94. The smallest absolute Gasteiger partial charge is 0.337 e. The summed E-state index contributed by atoms with van der Waals surface area (Å²) in [6.07, 6.45) is 5.19. The predicted molar refractivity (Wildman–Crippen MR) is 88.3 cm³/mol. The molecule has 3 rings (SSSR count). The quantitative estimate of drug-likeness (QED) is 0.787. The normalized spacial score (nSPS) is 23.4. The minimum absolute atomic E-state index is 0.0181. The molecular weight excluding hydrogens is 292 g/mol. The summed E-state index contributed by atoms with van der Waals surface area (Å²) in [4.78, 5) is 28.6. The molecule has 0 bridgehead atoms. The van der Waals surface area contributed by atoms with Crippen molar-refractivity contribution < 1.29 is 14.3 Å². The molecule has 1 atom stereocenters. The van der Waals surface area contributed by atoms with Gasteiger partial charge < -0.3 is 14.5 Å². The fourth-order valence-corrected chi connectivity index (χ4v) is 4.06. The lowest BCUT2D eigenvalue weighted by Crippen LogP contribution is -2.51. The molecule has 5 nitrogen and oxygen atoms in total. The number of likely N-dealkylation sites (N-methyl/N-ethyl adjacent to an activating group) is 1. The molecule has 1 aromatic rings. The Labute approximate surface area is 137 Å². The number of ether oxygens (including phenoxy) is 1. The van der Waals surface area contributed by atoms with E-state index in [1.165, 1.54) is 13.5 Å². The molecule has 1 aliphatic carbocycles. The number of carbonyl (C=O) groups excluding carboxylic acids is 2. The van der Waals surface area contributed by atoms with E-state index in [0.29, 0.717) is 5.56 Å². The Morgan fingerprint density at radius 1 is 1.17 bits per heavy atom. The summed E-state index contributed by atoms with van der Waals surface area (Å²) in [5, 5.41) is 0. The summed E-state index contributed by atoms with van der Waals surface area (Å²) in [7, 11) is 3.26. The van der Waals surface area contributed by atoms with Gasteiger partial charge in [0.1, 0.15) is 11.7 Å². The first kappa shape index (κ1) is 15.8. The van der Waals surface area contributed by atoms with E-state index in [0.717, 1.165) is 31.4 Å². The SMILES string of the molecule is COC(=O)c1ccc(N2C(C)N(C)C(=O)C23CCCCC3)cc1. The average Bonchev–Trinajstić information content (AvgIpc) is 2.77. The monoisotopic (exact) mass is 316 g/mol. The van der Waals surface area contributed by atoms with Gasteiger partial charge in [0.2, 0.25) is 5.91 Å². The van der Waals surface area contributed by atoms with E-state index < -0.39 is 5.54 Å². The minimum Gasteiger partial charge on any atom is -0.465 e. The van der Waals surface area contributed by atoms with Crippen molar-refractivity contribution in [1.29, 1.82) is 0 Å². The topological polar surface area (TPSA) is 49.9 Å². The third-order valence-corrected chi connectivity index (χ3v) is 5.36. The highest BCUT2D eigenvalue weighted by atomic mass is 16.5. The van der Waals surface area contributed by atoms with Gasteiger partial charge in [-0.15, -0.1) is 0 Å². The lowest BCUT2D eigenvalue weighted by Gasteiger charge is -2.41. The summed E-state index contributed by atoms with van der Waals surface area (Å²) in [6.45, 7) is 2.06. The Morgan fingerprint density at radius 2 is 1.78 bits per heavy atom. The molecule has 1 spiro atoms. The Kier molecular flexibility index (Phi) is 4.04. The molecule has 0 aromatic heterocycles. The molecule has 23 heavy (non-hydrogen) atoms. The lowest BCUT2D eigenvalue weighted by molar-refractivity contribution is -0.132. The maximum Gasteiger partial charge on any atom is 0.337 e. The number of esters is 1. The summed E-state index contributed by atoms with van der Waals surface area (Å²) < 4.78 is 4.75. The molecule has 2 aliphatic rings. The van der Waals surface area contributed by atoms with Crippen LogP contribution in [0, 0.1) is 0 Å². The van der Waals surface area contributed by atoms with Crippen molar-refractivity contribution in [2.24, 2.45) is 0 Å². The third kappa shape index (κ3) is 2.38. The summed E-state index contributed by atoms with van der Waals surface area (Å²) >= 11 is 0. The van der Waals surface area contributed by atoms with Gasteiger partial charge in [-0.3, -0.25) is 4.79 Å². The van der Waals surface area contributed by atoms with Crippen LogP contribution in [0.15, 0.2) is 24.3 Å². The van der Waals surface area contributed by atoms with Crippen LogP contribution in [0.3, 0.4) is 0 Å². The van der Waals surface area contributed by atoms with Crippen LogP contribution in [-0.4, -0.2) is 42.6 Å².